The lowest BCUT2D eigenvalue weighted by atomic mass is 10.0. The number of hydrogen-bond donors (Lipinski definition) is 0. The number of piperidine rings is 1. The molecule has 0 saturated carbocycles. The van der Waals surface area contributed by atoms with E-state index < -0.39 is 0 Å². The van der Waals surface area contributed by atoms with Crippen molar-refractivity contribution >= 4 is 5.91 Å². The normalized spacial score (nSPS) is 18.8. The number of furan rings is 1. The highest BCUT2D eigenvalue weighted by Crippen LogP contribution is 2.20. The molecule has 1 saturated heterocycles. The van der Waals surface area contributed by atoms with Gasteiger partial charge in [0.15, 0.2) is 5.76 Å². The van der Waals surface area contributed by atoms with Crippen LogP contribution >= 0.6 is 0 Å². The Kier molecular flexibility index (Phi) is 4.82. The van der Waals surface area contributed by atoms with Gasteiger partial charge in [-0.1, -0.05) is 30.3 Å². The Bertz CT molecular complexity index is 650. The molecule has 23 heavy (non-hydrogen) atoms. The fraction of sp³-hybridized carbons (Fsp3) is 0.421. The molecule has 0 spiro atoms. The molecule has 1 aliphatic heterocycles. The van der Waals surface area contributed by atoms with Gasteiger partial charge in [0.2, 0.25) is 0 Å². The van der Waals surface area contributed by atoms with Crippen molar-refractivity contribution in [3.63, 3.8) is 0 Å². The number of amides is 1. The molecular weight excluding hydrogens is 288 g/mol. The molecule has 3 rings (SSSR count). The summed E-state index contributed by atoms with van der Waals surface area (Å²) < 4.78 is 5.36. The second-order valence-electron chi connectivity index (χ2n) is 6.37. The molecule has 0 N–H and O–H groups in total. The summed E-state index contributed by atoms with van der Waals surface area (Å²) in [5.74, 6) is 0.451. The molecule has 0 bridgehead atoms. The van der Waals surface area contributed by atoms with E-state index >= 15 is 0 Å². The molecule has 1 unspecified atom stereocenters. The molecule has 1 fully saturated rings. The van der Waals surface area contributed by atoms with Crippen molar-refractivity contribution < 1.29 is 9.21 Å². The molecule has 2 aromatic rings. The fourth-order valence-corrected chi connectivity index (χ4v) is 3.25. The largest absolute Gasteiger partial charge is 0.459 e. The molecule has 1 atom stereocenters. The van der Waals surface area contributed by atoms with Crippen LogP contribution in [0.3, 0.4) is 0 Å². The van der Waals surface area contributed by atoms with Crippen LogP contribution in [-0.2, 0) is 6.54 Å². The van der Waals surface area contributed by atoms with Gasteiger partial charge in [0.25, 0.3) is 5.91 Å². The smallest absolute Gasteiger partial charge is 0.289 e. The minimum Gasteiger partial charge on any atom is -0.459 e. The van der Waals surface area contributed by atoms with Crippen molar-refractivity contribution in [1.82, 2.24) is 9.80 Å². The van der Waals surface area contributed by atoms with Gasteiger partial charge < -0.3 is 9.32 Å². The lowest BCUT2D eigenvalue weighted by Crippen LogP contribution is -2.48. The predicted molar refractivity (Wildman–Crippen MR) is 90.3 cm³/mol. The number of carbonyl (C=O) groups is 1. The van der Waals surface area contributed by atoms with E-state index in [9.17, 15) is 4.79 Å². The summed E-state index contributed by atoms with van der Waals surface area (Å²) in [5.41, 5.74) is 2.22. The van der Waals surface area contributed by atoms with E-state index in [0.717, 1.165) is 38.0 Å². The van der Waals surface area contributed by atoms with E-state index in [1.54, 1.807) is 6.26 Å². The summed E-state index contributed by atoms with van der Waals surface area (Å²) in [5, 5.41) is 0. The highest BCUT2D eigenvalue weighted by Gasteiger charge is 2.28. The first-order chi connectivity index (χ1) is 11.1. The van der Waals surface area contributed by atoms with Gasteiger partial charge in [0, 0.05) is 31.7 Å². The molecule has 4 heteroatoms. The Morgan fingerprint density at radius 2 is 2.09 bits per heavy atom. The molecule has 1 aromatic carbocycles. The molecule has 122 valence electrons. The Morgan fingerprint density at radius 1 is 1.30 bits per heavy atom. The van der Waals surface area contributed by atoms with Gasteiger partial charge in [-0.15, -0.1) is 0 Å². The summed E-state index contributed by atoms with van der Waals surface area (Å²) >= 11 is 0. The molecule has 1 amide bonds. The Labute approximate surface area is 137 Å². The number of likely N-dealkylation sites (tertiary alicyclic amines) is 1. The zero-order valence-electron chi connectivity index (χ0n) is 13.9. The maximum absolute atomic E-state index is 12.6. The number of rotatable bonds is 4. The third-order valence-electron chi connectivity index (χ3n) is 4.65. The van der Waals surface area contributed by atoms with Crippen LogP contribution in [0.15, 0.2) is 47.1 Å². The highest BCUT2D eigenvalue weighted by molar-refractivity contribution is 5.92. The number of carbonyl (C=O) groups excluding carboxylic acids is 1. The van der Waals surface area contributed by atoms with Gasteiger partial charge in [-0.25, -0.2) is 0 Å². The predicted octanol–water partition coefficient (Wildman–Crippen LogP) is 3.32. The first-order valence-electron chi connectivity index (χ1n) is 8.22. The van der Waals surface area contributed by atoms with E-state index in [1.165, 1.54) is 5.56 Å². The Balaban J connectivity index is 1.64. The number of nitrogens with zero attached hydrogens (tertiary/aromatic N) is 2. The van der Waals surface area contributed by atoms with Crippen molar-refractivity contribution in [3.8, 4) is 0 Å². The van der Waals surface area contributed by atoms with E-state index in [0.29, 0.717) is 5.76 Å². The van der Waals surface area contributed by atoms with Gasteiger partial charge in [0.1, 0.15) is 0 Å². The summed E-state index contributed by atoms with van der Waals surface area (Å²) in [6.07, 6.45) is 3.75. The van der Waals surface area contributed by atoms with Crippen LogP contribution in [0.1, 0.15) is 34.5 Å². The topological polar surface area (TPSA) is 36.7 Å². The molecule has 2 heterocycles. The van der Waals surface area contributed by atoms with E-state index in [1.807, 2.05) is 31.0 Å². The van der Waals surface area contributed by atoms with Crippen LogP contribution in [0.4, 0.5) is 0 Å². The Morgan fingerprint density at radius 3 is 2.78 bits per heavy atom. The fourth-order valence-electron chi connectivity index (χ4n) is 3.25. The molecule has 0 aliphatic carbocycles. The second-order valence-corrected chi connectivity index (χ2v) is 6.37. The maximum atomic E-state index is 12.6. The minimum atomic E-state index is -0.0148. The third kappa shape index (κ3) is 3.64. The summed E-state index contributed by atoms with van der Waals surface area (Å²) in [6, 6.07) is 12.6. The van der Waals surface area contributed by atoms with Gasteiger partial charge in [-0.3, -0.25) is 9.69 Å². The van der Waals surface area contributed by atoms with Crippen LogP contribution in [0.5, 0.6) is 0 Å². The van der Waals surface area contributed by atoms with Crippen LogP contribution < -0.4 is 0 Å². The standard InChI is InChI=1S/C19H24N2O2/c1-15-10-12-23-18(15)19(22)20(2)17-9-6-11-21(14-17)13-16-7-4-3-5-8-16/h3-5,7-8,10,12,17H,6,9,11,13-14H2,1-2H3. The Hall–Kier alpha value is -2.07. The number of likely N-dealkylation sites (N-methyl/N-ethyl adjacent to an activating group) is 1. The van der Waals surface area contributed by atoms with Crippen LogP contribution in [0.25, 0.3) is 0 Å². The van der Waals surface area contributed by atoms with Crippen LogP contribution in [0, 0.1) is 6.92 Å². The molecular formula is C19H24N2O2. The maximum Gasteiger partial charge on any atom is 0.289 e. The van der Waals surface area contributed by atoms with Gasteiger partial charge >= 0.3 is 0 Å². The number of benzene rings is 1. The van der Waals surface area contributed by atoms with Crippen molar-refractivity contribution in [1.29, 1.82) is 0 Å². The summed E-state index contributed by atoms with van der Waals surface area (Å²) in [7, 11) is 1.89. The molecule has 1 aromatic heterocycles. The lowest BCUT2D eigenvalue weighted by Gasteiger charge is -2.37. The van der Waals surface area contributed by atoms with E-state index in [4.69, 9.17) is 4.42 Å². The van der Waals surface area contributed by atoms with E-state index in [2.05, 4.69) is 29.2 Å². The van der Waals surface area contributed by atoms with Crippen LogP contribution in [0.2, 0.25) is 0 Å². The highest BCUT2D eigenvalue weighted by atomic mass is 16.3. The summed E-state index contributed by atoms with van der Waals surface area (Å²) in [4.78, 5) is 16.9. The van der Waals surface area contributed by atoms with Crippen LogP contribution in [-0.4, -0.2) is 41.9 Å². The third-order valence-corrected chi connectivity index (χ3v) is 4.65. The monoisotopic (exact) mass is 312 g/mol. The van der Waals surface area contributed by atoms with Crippen molar-refractivity contribution in [2.45, 2.75) is 32.4 Å². The van der Waals surface area contributed by atoms with Gasteiger partial charge in [-0.05, 0) is 37.9 Å². The molecule has 4 nitrogen and oxygen atoms in total. The van der Waals surface area contributed by atoms with Gasteiger partial charge in [-0.2, -0.15) is 0 Å². The first kappa shape index (κ1) is 15.8. The quantitative estimate of drug-likeness (QED) is 0.869. The molecule has 0 radical (unpaired) electrons. The van der Waals surface area contributed by atoms with Gasteiger partial charge in [0.05, 0.1) is 6.26 Å². The number of aryl methyl sites for hydroxylation is 1. The zero-order chi connectivity index (χ0) is 16.2. The SMILES string of the molecule is Cc1ccoc1C(=O)N(C)C1CCCN(Cc2ccccc2)C1. The molecule has 1 aliphatic rings. The average molecular weight is 312 g/mol. The lowest BCUT2D eigenvalue weighted by molar-refractivity contribution is 0.0578. The minimum absolute atomic E-state index is 0.0148. The summed E-state index contributed by atoms with van der Waals surface area (Å²) in [6.45, 7) is 4.86. The van der Waals surface area contributed by atoms with Crippen molar-refractivity contribution in [3.05, 3.63) is 59.5 Å². The zero-order valence-corrected chi connectivity index (χ0v) is 13.9. The van der Waals surface area contributed by atoms with Crippen molar-refractivity contribution in [2.24, 2.45) is 0 Å². The number of hydrogen-bond acceptors (Lipinski definition) is 3. The second kappa shape index (κ2) is 7.01. The van der Waals surface area contributed by atoms with Crippen molar-refractivity contribution in [2.75, 3.05) is 20.1 Å². The average Bonchev–Trinajstić information content (AvgIpc) is 3.01. The van der Waals surface area contributed by atoms with E-state index in [-0.39, 0.29) is 11.9 Å². The first-order valence-corrected chi connectivity index (χ1v) is 8.22.